The summed E-state index contributed by atoms with van der Waals surface area (Å²) in [5.41, 5.74) is 8.27. The maximum absolute atomic E-state index is 12.5. The van der Waals surface area contributed by atoms with Crippen LogP contribution in [0.4, 0.5) is 5.69 Å². The molecule has 1 aliphatic rings. The topological polar surface area (TPSA) is 62.5 Å². The van der Waals surface area contributed by atoms with E-state index in [2.05, 4.69) is 22.9 Å². The van der Waals surface area contributed by atoms with Crippen molar-refractivity contribution in [2.45, 2.75) is 13.0 Å². The van der Waals surface area contributed by atoms with Gasteiger partial charge in [-0.05, 0) is 36.8 Å². The maximum Gasteiger partial charge on any atom is 0.254 e. The first-order chi connectivity index (χ1) is 11.1. The van der Waals surface area contributed by atoms with Crippen molar-refractivity contribution in [1.29, 1.82) is 0 Å². The lowest BCUT2D eigenvalue weighted by atomic mass is 10.1. The summed E-state index contributed by atoms with van der Waals surface area (Å²) in [6.45, 7) is 5.39. The number of hydrogen-bond donors (Lipinski definition) is 1. The smallest absolute Gasteiger partial charge is 0.254 e. The van der Waals surface area contributed by atoms with E-state index in [1.165, 1.54) is 5.56 Å². The highest BCUT2D eigenvalue weighted by atomic mass is 35.5. The number of halogens is 3. The molecule has 0 radical (unpaired) electrons. The van der Waals surface area contributed by atoms with Crippen LogP contribution in [0, 0.1) is 0 Å². The number of carbonyl (C=O) groups is 1. The fraction of sp³-hybridized carbons (Fsp3) is 0.333. The number of hydrogen-bond acceptors (Lipinski definition) is 4. The molecule has 0 bridgehead atoms. The fourth-order valence-corrected chi connectivity index (χ4v) is 3.00. The van der Waals surface area contributed by atoms with Crippen molar-refractivity contribution < 1.29 is 4.79 Å². The molecule has 1 atom stereocenters. The molecule has 5 nitrogen and oxygen atoms in total. The number of pyridine rings is 1. The Labute approximate surface area is 173 Å². The molecular weight excluding hydrogens is 395 g/mol. The van der Waals surface area contributed by atoms with Gasteiger partial charge >= 0.3 is 0 Å². The van der Waals surface area contributed by atoms with Gasteiger partial charge in [-0.1, -0.05) is 12.1 Å². The minimum absolute atomic E-state index is 0. The Morgan fingerprint density at radius 3 is 2.35 bits per heavy atom. The van der Waals surface area contributed by atoms with Crippen LogP contribution in [0.25, 0.3) is 0 Å². The number of carbonyl (C=O) groups excluding carboxylic acids is 1. The van der Waals surface area contributed by atoms with E-state index in [4.69, 9.17) is 5.73 Å². The molecule has 0 saturated carbocycles. The van der Waals surface area contributed by atoms with Gasteiger partial charge in [0.05, 0.1) is 0 Å². The first-order valence-electron chi connectivity index (χ1n) is 7.94. The van der Waals surface area contributed by atoms with Gasteiger partial charge in [-0.25, -0.2) is 0 Å². The quantitative estimate of drug-likeness (QED) is 0.774. The molecule has 2 aromatic rings. The molecule has 1 unspecified atom stereocenters. The Morgan fingerprint density at radius 1 is 1.08 bits per heavy atom. The zero-order chi connectivity index (χ0) is 16.2. The van der Waals surface area contributed by atoms with Gasteiger partial charge in [0.1, 0.15) is 0 Å². The van der Waals surface area contributed by atoms with Crippen LogP contribution < -0.4 is 5.73 Å². The molecule has 1 aromatic carbocycles. The van der Waals surface area contributed by atoms with Crippen LogP contribution in [0.5, 0.6) is 0 Å². The highest BCUT2D eigenvalue weighted by Gasteiger charge is 2.25. The first kappa shape index (κ1) is 24.5. The Kier molecular flexibility index (Phi) is 10.6. The van der Waals surface area contributed by atoms with Gasteiger partial charge in [-0.2, -0.15) is 0 Å². The molecule has 1 aromatic heterocycles. The average molecular weight is 420 g/mol. The number of nitrogen functional groups attached to an aromatic ring is 1. The molecule has 0 spiro atoms. The van der Waals surface area contributed by atoms with Crippen molar-refractivity contribution in [3.63, 3.8) is 0 Å². The molecule has 3 rings (SSSR count). The van der Waals surface area contributed by atoms with Crippen LogP contribution in [0.1, 0.15) is 28.9 Å². The summed E-state index contributed by atoms with van der Waals surface area (Å²) in [5, 5.41) is 0. The molecule has 1 fully saturated rings. The fourth-order valence-electron chi connectivity index (χ4n) is 3.00. The van der Waals surface area contributed by atoms with Gasteiger partial charge in [-0.3, -0.25) is 14.7 Å². The van der Waals surface area contributed by atoms with Crippen LogP contribution in [0.2, 0.25) is 0 Å². The lowest BCUT2D eigenvalue weighted by Crippen LogP contribution is -2.49. The van der Waals surface area contributed by atoms with E-state index in [-0.39, 0.29) is 43.1 Å². The van der Waals surface area contributed by atoms with E-state index in [1.54, 1.807) is 18.3 Å². The van der Waals surface area contributed by atoms with Crippen molar-refractivity contribution in [2.24, 2.45) is 0 Å². The van der Waals surface area contributed by atoms with Gasteiger partial charge in [0.25, 0.3) is 5.91 Å². The van der Waals surface area contributed by atoms with E-state index in [9.17, 15) is 4.79 Å². The third-order valence-electron chi connectivity index (χ3n) is 4.45. The Hall–Kier alpha value is -1.53. The number of nitrogens with zero attached hydrogens (tertiary/aromatic N) is 3. The van der Waals surface area contributed by atoms with Crippen LogP contribution in [-0.2, 0) is 0 Å². The summed E-state index contributed by atoms with van der Waals surface area (Å²) < 4.78 is 0. The van der Waals surface area contributed by atoms with Gasteiger partial charge in [0.15, 0.2) is 0 Å². The van der Waals surface area contributed by atoms with Gasteiger partial charge in [0.2, 0.25) is 0 Å². The molecule has 1 amide bonds. The zero-order valence-corrected chi connectivity index (χ0v) is 17.0. The Bertz CT molecular complexity index is 679. The lowest BCUT2D eigenvalue weighted by molar-refractivity contribution is 0.0582. The largest absolute Gasteiger partial charge is 0.399 e. The molecule has 8 heteroatoms. The summed E-state index contributed by atoms with van der Waals surface area (Å²) >= 11 is 0. The monoisotopic (exact) mass is 418 g/mol. The highest BCUT2D eigenvalue weighted by Crippen LogP contribution is 2.21. The molecule has 1 aliphatic heterocycles. The second-order valence-corrected chi connectivity index (χ2v) is 5.92. The molecule has 2 heterocycles. The lowest BCUT2D eigenvalue weighted by Gasteiger charge is -2.38. The average Bonchev–Trinajstić information content (AvgIpc) is 2.61. The van der Waals surface area contributed by atoms with Crippen LogP contribution in [0.15, 0.2) is 48.8 Å². The summed E-state index contributed by atoms with van der Waals surface area (Å²) in [6, 6.07) is 11.6. The van der Waals surface area contributed by atoms with Crippen molar-refractivity contribution in [2.75, 3.05) is 31.9 Å². The number of piperazine rings is 1. The van der Waals surface area contributed by atoms with Crippen molar-refractivity contribution in [3.8, 4) is 0 Å². The van der Waals surface area contributed by atoms with Gasteiger partial charge < -0.3 is 10.6 Å². The second kappa shape index (κ2) is 11.2. The molecular formula is C18H25Cl3N4O. The minimum Gasteiger partial charge on any atom is -0.399 e. The predicted molar refractivity (Wildman–Crippen MR) is 113 cm³/mol. The number of amides is 1. The standard InChI is InChI=1S/C18H22N4O.3ClH/c1-14(16-5-3-7-20-13-16)21-8-10-22(11-9-21)18(23)15-4-2-6-17(19)12-15;;;/h2-7,12-14H,8-11,19H2,1H3;3*1H. The minimum atomic E-state index is 0. The molecule has 144 valence electrons. The van der Waals surface area contributed by atoms with Crippen molar-refractivity contribution >= 4 is 48.8 Å². The van der Waals surface area contributed by atoms with Crippen LogP contribution in [-0.4, -0.2) is 46.9 Å². The summed E-state index contributed by atoms with van der Waals surface area (Å²) in [5.74, 6) is 0.0611. The first-order valence-corrected chi connectivity index (χ1v) is 7.94. The summed E-state index contributed by atoms with van der Waals surface area (Å²) in [7, 11) is 0. The maximum atomic E-state index is 12.5. The summed E-state index contributed by atoms with van der Waals surface area (Å²) in [6.07, 6.45) is 3.70. The normalized spacial score (nSPS) is 15.0. The van der Waals surface area contributed by atoms with Gasteiger partial charge in [-0.15, -0.1) is 37.2 Å². The SMILES string of the molecule is CC(c1cccnc1)N1CCN(C(=O)c2cccc(N)c2)CC1.Cl.Cl.Cl. The number of benzene rings is 1. The van der Waals surface area contributed by atoms with Crippen LogP contribution >= 0.6 is 37.2 Å². The van der Waals surface area contributed by atoms with Crippen LogP contribution in [0.3, 0.4) is 0 Å². The van der Waals surface area contributed by atoms with E-state index >= 15 is 0 Å². The third kappa shape index (κ3) is 5.74. The highest BCUT2D eigenvalue weighted by molar-refractivity contribution is 5.95. The predicted octanol–water partition coefficient (Wildman–Crippen LogP) is 3.45. The molecule has 26 heavy (non-hydrogen) atoms. The Balaban J connectivity index is 0.00000208. The van der Waals surface area contributed by atoms with Crippen molar-refractivity contribution in [3.05, 3.63) is 59.9 Å². The molecule has 1 saturated heterocycles. The summed E-state index contributed by atoms with van der Waals surface area (Å²) in [4.78, 5) is 21.0. The number of aromatic nitrogens is 1. The van der Waals surface area contributed by atoms with E-state index in [0.717, 1.165) is 26.2 Å². The number of rotatable bonds is 3. The molecule has 0 aliphatic carbocycles. The van der Waals surface area contributed by atoms with E-state index < -0.39 is 0 Å². The number of anilines is 1. The molecule has 2 N–H and O–H groups in total. The third-order valence-corrected chi connectivity index (χ3v) is 4.45. The second-order valence-electron chi connectivity index (χ2n) is 5.92. The zero-order valence-electron chi connectivity index (χ0n) is 14.6. The van der Waals surface area contributed by atoms with Gasteiger partial charge in [0, 0.05) is 55.9 Å². The van der Waals surface area contributed by atoms with E-state index in [0.29, 0.717) is 17.3 Å². The number of nitrogens with two attached hydrogens (primary N) is 1. The van der Waals surface area contributed by atoms with E-state index in [1.807, 2.05) is 29.3 Å². The Morgan fingerprint density at radius 2 is 1.77 bits per heavy atom. The van der Waals surface area contributed by atoms with Crippen molar-refractivity contribution in [1.82, 2.24) is 14.8 Å².